The van der Waals surface area contributed by atoms with Gasteiger partial charge in [-0.25, -0.2) is 0 Å². The van der Waals surface area contributed by atoms with E-state index in [-0.39, 0.29) is 11.7 Å². The minimum absolute atomic E-state index is 0.0478. The van der Waals surface area contributed by atoms with Gasteiger partial charge in [-0.3, -0.25) is 4.79 Å². The smallest absolute Gasteiger partial charge is 0.165 e. The Balaban J connectivity index is 2.32. The third-order valence-corrected chi connectivity index (χ3v) is 2.72. The molecule has 0 aliphatic carbocycles. The van der Waals surface area contributed by atoms with Gasteiger partial charge >= 0.3 is 0 Å². The molecule has 80 valence electrons. The number of hydrogen-bond donors (Lipinski definition) is 0. The fraction of sp³-hybridized carbons (Fsp3) is 0.462. The zero-order chi connectivity index (χ0) is 10.8. The fourth-order valence-corrected chi connectivity index (χ4v) is 1.83. The lowest BCUT2D eigenvalue weighted by atomic mass is 9.97. The van der Waals surface area contributed by atoms with Crippen molar-refractivity contribution in [2.75, 3.05) is 6.61 Å². The van der Waals surface area contributed by atoms with E-state index in [4.69, 9.17) is 4.74 Å². The van der Waals surface area contributed by atoms with E-state index in [1.54, 1.807) is 0 Å². The highest BCUT2D eigenvalue weighted by Crippen LogP contribution is 2.26. The quantitative estimate of drug-likeness (QED) is 0.692. The molecule has 2 heteroatoms. The van der Waals surface area contributed by atoms with Crippen molar-refractivity contribution in [2.24, 2.45) is 5.92 Å². The third kappa shape index (κ3) is 2.04. The number of benzene rings is 1. The lowest BCUT2D eigenvalue weighted by Crippen LogP contribution is -2.11. The second kappa shape index (κ2) is 4.05. The van der Waals surface area contributed by atoms with E-state index in [1.165, 1.54) is 5.56 Å². The Morgan fingerprint density at radius 2 is 2.20 bits per heavy atom. The molecule has 1 aromatic rings. The average Bonchev–Trinajstić information content (AvgIpc) is 2.27. The molecule has 0 fully saturated rings. The predicted molar refractivity (Wildman–Crippen MR) is 59.4 cm³/mol. The van der Waals surface area contributed by atoms with Crippen LogP contribution in [0.25, 0.3) is 0 Å². The number of fused-ring (bicyclic) bond motifs is 1. The highest BCUT2D eigenvalue weighted by Gasteiger charge is 2.15. The molecular formula is C13H16O2. The number of Topliss-reactive ketones (excluding diaryl/α,β-unsaturated/α-hetero) is 1. The van der Waals surface area contributed by atoms with Gasteiger partial charge in [0, 0.05) is 11.5 Å². The van der Waals surface area contributed by atoms with Gasteiger partial charge in [-0.15, -0.1) is 0 Å². The average molecular weight is 204 g/mol. The Morgan fingerprint density at radius 1 is 1.40 bits per heavy atom. The van der Waals surface area contributed by atoms with Crippen molar-refractivity contribution >= 4 is 5.78 Å². The molecule has 0 radical (unpaired) electrons. The standard InChI is InChI=1S/C13H16O2/c1-9(2)13(14)11-6-5-10-4-3-7-15-12(10)8-11/h5-6,8-9H,3-4,7H2,1-2H3. The molecule has 1 aliphatic rings. The largest absolute Gasteiger partial charge is 0.493 e. The van der Waals surface area contributed by atoms with Crippen LogP contribution in [-0.4, -0.2) is 12.4 Å². The Hall–Kier alpha value is -1.31. The maximum Gasteiger partial charge on any atom is 0.165 e. The molecule has 0 unspecified atom stereocenters. The predicted octanol–water partition coefficient (Wildman–Crippen LogP) is 2.85. The van der Waals surface area contributed by atoms with Crippen LogP contribution in [0.4, 0.5) is 0 Å². The molecule has 1 heterocycles. The zero-order valence-corrected chi connectivity index (χ0v) is 9.25. The van der Waals surface area contributed by atoms with Crippen LogP contribution in [0.3, 0.4) is 0 Å². The van der Waals surface area contributed by atoms with Gasteiger partial charge in [-0.1, -0.05) is 26.0 Å². The molecule has 15 heavy (non-hydrogen) atoms. The van der Waals surface area contributed by atoms with Crippen molar-refractivity contribution in [3.05, 3.63) is 29.3 Å². The highest BCUT2D eigenvalue weighted by atomic mass is 16.5. The molecule has 1 aromatic carbocycles. The normalized spacial score (nSPS) is 14.6. The van der Waals surface area contributed by atoms with Gasteiger partial charge in [0.2, 0.25) is 0 Å². The maximum atomic E-state index is 11.8. The Labute approximate surface area is 90.3 Å². The van der Waals surface area contributed by atoms with Crippen LogP contribution >= 0.6 is 0 Å². The molecule has 1 aliphatic heterocycles. The molecule has 0 spiro atoms. The highest BCUT2D eigenvalue weighted by molar-refractivity contribution is 5.97. The van der Waals surface area contributed by atoms with Gasteiger partial charge in [0.15, 0.2) is 5.78 Å². The van der Waals surface area contributed by atoms with E-state index < -0.39 is 0 Å². The lowest BCUT2D eigenvalue weighted by molar-refractivity contribution is 0.0939. The Morgan fingerprint density at radius 3 is 2.93 bits per heavy atom. The van der Waals surface area contributed by atoms with Gasteiger partial charge < -0.3 is 4.74 Å². The number of rotatable bonds is 2. The summed E-state index contributed by atoms with van der Waals surface area (Å²) in [5, 5.41) is 0. The SMILES string of the molecule is CC(C)C(=O)c1ccc2c(c1)OCCC2. The van der Waals surface area contributed by atoms with Crippen molar-refractivity contribution in [3.8, 4) is 5.75 Å². The molecule has 0 saturated carbocycles. The number of hydrogen-bond acceptors (Lipinski definition) is 2. The number of carbonyl (C=O) groups is 1. The fourth-order valence-electron chi connectivity index (χ4n) is 1.83. The molecule has 0 aromatic heterocycles. The van der Waals surface area contributed by atoms with Crippen LogP contribution in [0.5, 0.6) is 5.75 Å². The first-order chi connectivity index (χ1) is 7.18. The number of carbonyl (C=O) groups excluding carboxylic acids is 1. The molecule has 0 N–H and O–H groups in total. The first-order valence-electron chi connectivity index (χ1n) is 5.48. The van der Waals surface area contributed by atoms with Crippen LogP contribution < -0.4 is 4.74 Å². The molecule has 0 atom stereocenters. The van der Waals surface area contributed by atoms with Gasteiger partial charge in [0.05, 0.1) is 6.61 Å². The van der Waals surface area contributed by atoms with E-state index in [0.717, 1.165) is 30.8 Å². The summed E-state index contributed by atoms with van der Waals surface area (Å²) >= 11 is 0. The van der Waals surface area contributed by atoms with Crippen LogP contribution in [-0.2, 0) is 6.42 Å². The first-order valence-corrected chi connectivity index (χ1v) is 5.48. The van der Waals surface area contributed by atoms with Crippen molar-refractivity contribution in [3.63, 3.8) is 0 Å². The van der Waals surface area contributed by atoms with E-state index in [2.05, 4.69) is 0 Å². The maximum absolute atomic E-state index is 11.8. The molecule has 2 nitrogen and oxygen atoms in total. The molecule has 0 amide bonds. The Bertz CT molecular complexity index is 380. The lowest BCUT2D eigenvalue weighted by Gasteiger charge is -2.18. The van der Waals surface area contributed by atoms with Gasteiger partial charge in [-0.05, 0) is 24.5 Å². The van der Waals surface area contributed by atoms with E-state index >= 15 is 0 Å². The summed E-state index contributed by atoms with van der Waals surface area (Å²) in [5.41, 5.74) is 1.99. The summed E-state index contributed by atoms with van der Waals surface area (Å²) in [6.45, 7) is 4.61. The summed E-state index contributed by atoms with van der Waals surface area (Å²) in [6.07, 6.45) is 2.13. The minimum atomic E-state index is 0.0478. The summed E-state index contributed by atoms with van der Waals surface area (Å²) in [7, 11) is 0. The van der Waals surface area contributed by atoms with Gasteiger partial charge in [-0.2, -0.15) is 0 Å². The van der Waals surface area contributed by atoms with Crippen molar-refractivity contribution in [1.82, 2.24) is 0 Å². The summed E-state index contributed by atoms with van der Waals surface area (Å²) < 4.78 is 5.54. The Kier molecular flexibility index (Phi) is 2.76. The van der Waals surface area contributed by atoms with E-state index in [1.807, 2.05) is 32.0 Å². The summed E-state index contributed by atoms with van der Waals surface area (Å²) in [6, 6.07) is 5.82. The molecular weight excluding hydrogens is 188 g/mol. The monoisotopic (exact) mass is 204 g/mol. The number of ketones is 1. The number of aryl methyl sites for hydroxylation is 1. The molecule has 0 bridgehead atoms. The van der Waals surface area contributed by atoms with Crippen molar-refractivity contribution in [2.45, 2.75) is 26.7 Å². The van der Waals surface area contributed by atoms with Crippen LogP contribution in [0.1, 0.15) is 36.2 Å². The second-order valence-electron chi connectivity index (χ2n) is 4.29. The molecule has 2 rings (SSSR count). The topological polar surface area (TPSA) is 26.3 Å². The van der Waals surface area contributed by atoms with Crippen LogP contribution in [0.2, 0.25) is 0 Å². The zero-order valence-electron chi connectivity index (χ0n) is 9.25. The van der Waals surface area contributed by atoms with E-state index in [0.29, 0.717) is 0 Å². The molecule has 0 saturated heterocycles. The van der Waals surface area contributed by atoms with Gasteiger partial charge in [0.25, 0.3) is 0 Å². The summed E-state index contributed by atoms with van der Waals surface area (Å²) in [5.74, 6) is 1.13. The van der Waals surface area contributed by atoms with Gasteiger partial charge in [0.1, 0.15) is 5.75 Å². The van der Waals surface area contributed by atoms with Crippen LogP contribution in [0.15, 0.2) is 18.2 Å². The first kappa shape index (κ1) is 10.2. The second-order valence-corrected chi connectivity index (χ2v) is 4.29. The number of ether oxygens (including phenoxy) is 1. The van der Waals surface area contributed by atoms with Crippen LogP contribution in [0, 0.1) is 5.92 Å². The van der Waals surface area contributed by atoms with Crippen molar-refractivity contribution < 1.29 is 9.53 Å². The minimum Gasteiger partial charge on any atom is -0.493 e. The summed E-state index contributed by atoms with van der Waals surface area (Å²) in [4.78, 5) is 11.8. The third-order valence-electron chi connectivity index (χ3n) is 2.72. The van der Waals surface area contributed by atoms with E-state index in [9.17, 15) is 4.79 Å². The van der Waals surface area contributed by atoms with Crippen molar-refractivity contribution in [1.29, 1.82) is 0 Å².